The molecule has 2 rings (SSSR count). The van der Waals surface area contributed by atoms with Crippen molar-refractivity contribution in [2.24, 2.45) is 11.7 Å². The molecule has 2 N–H and O–H groups in total. The molecule has 0 aliphatic rings. The van der Waals surface area contributed by atoms with Crippen molar-refractivity contribution in [3.05, 3.63) is 41.7 Å². The van der Waals surface area contributed by atoms with Gasteiger partial charge in [0.25, 0.3) is 5.91 Å². The molecule has 0 aliphatic heterocycles. The molecule has 0 spiro atoms. The summed E-state index contributed by atoms with van der Waals surface area (Å²) in [6, 6.07) is 5.94. The smallest absolute Gasteiger partial charge is 0.250 e. The number of pyridine rings is 1. The fourth-order valence-corrected chi connectivity index (χ4v) is 2.01. The average molecular weight is 216 g/mol. The third-order valence-electron chi connectivity index (χ3n) is 2.67. The van der Waals surface area contributed by atoms with Gasteiger partial charge >= 0.3 is 0 Å². The topological polar surface area (TPSA) is 47.5 Å². The summed E-state index contributed by atoms with van der Waals surface area (Å²) in [5.41, 5.74) is 8.17. The van der Waals surface area contributed by atoms with Crippen LogP contribution < -0.4 is 5.73 Å². The summed E-state index contributed by atoms with van der Waals surface area (Å²) in [5.74, 6) is 0.156. The summed E-state index contributed by atoms with van der Waals surface area (Å²) in [7, 11) is 0. The molecule has 0 radical (unpaired) electrons. The van der Waals surface area contributed by atoms with Gasteiger partial charge in [-0.1, -0.05) is 19.9 Å². The zero-order chi connectivity index (χ0) is 11.7. The van der Waals surface area contributed by atoms with Crippen molar-refractivity contribution < 1.29 is 4.79 Å². The van der Waals surface area contributed by atoms with Crippen LogP contribution in [0.5, 0.6) is 0 Å². The van der Waals surface area contributed by atoms with E-state index >= 15 is 0 Å². The molecule has 1 amide bonds. The molecule has 0 saturated heterocycles. The maximum atomic E-state index is 11.4. The van der Waals surface area contributed by atoms with E-state index in [1.54, 1.807) is 0 Å². The van der Waals surface area contributed by atoms with Crippen LogP contribution in [-0.4, -0.2) is 10.3 Å². The number of hydrogen-bond donors (Lipinski definition) is 1. The van der Waals surface area contributed by atoms with Crippen LogP contribution >= 0.6 is 0 Å². The molecular weight excluding hydrogens is 200 g/mol. The second kappa shape index (κ2) is 4.00. The Morgan fingerprint density at radius 1 is 1.44 bits per heavy atom. The standard InChI is InChI=1S/C13H16N2O/c1-9(2)7-10-11(13(14)16)8-15-6-4-3-5-12(10)15/h3-6,8-9H,7H2,1-2H3,(H2,14,16). The van der Waals surface area contributed by atoms with Crippen molar-refractivity contribution in [2.75, 3.05) is 0 Å². The van der Waals surface area contributed by atoms with Crippen molar-refractivity contribution in [1.29, 1.82) is 0 Å². The van der Waals surface area contributed by atoms with Gasteiger partial charge in [-0.3, -0.25) is 4.79 Å². The maximum Gasteiger partial charge on any atom is 0.250 e. The van der Waals surface area contributed by atoms with Crippen LogP contribution in [0.25, 0.3) is 5.52 Å². The molecule has 0 bridgehead atoms. The van der Waals surface area contributed by atoms with E-state index in [0.29, 0.717) is 11.5 Å². The number of nitrogens with two attached hydrogens (primary N) is 1. The SMILES string of the molecule is CC(C)Cc1c(C(N)=O)cn2ccccc12. The van der Waals surface area contributed by atoms with E-state index in [-0.39, 0.29) is 5.91 Å². The Morgan fingerprint density at radius 3 is 2.81 bits per heavy atom. The molecule has 0 aromatic carbocycles. The molecule has 84 valence electrons. The van der Waals surface area contributed by atoms with Crippen molar-refractivity contribution in [3.8, 4) is 0 Å². The quantitative estimate of drug-likeness (QED) is 0.840. The lowest BCUT2D eigenvalue weighted by Crippen LogP contribution is -2.12. The van der Waals surface area contributed by atoms with Gasteiger partial charge in [0, 0.05) is 17.9 Å². The average Bonchev–Trinajstić information content (AvgIpc) is 2.57. The molecular formula is C13H16N2O. The lowest BCUT2D eigenvalue weighted by molar-refractivity contribution is 0.0999. The molecule has 16 heavy (non-hydrogen) atoms. The van der Waals surface area contributed by atoms with E-state index in [4.69, 9.17) is 5.73 Å². The number of carbonyl (C=O) groups excluding carboxylic acids is 1. The molecule has 2 heterocycles. The first-order valence-electron chi connectivity index (χ1n) is 5.48. The molecule has 0 saturated carbocycles. The Morgan fingerprint density at radius 2 is 2.19 bits per heavy atom. The monoisotopic (exact) mass is 216 g/mol. The number of nitrogens with zero attached hydrogens (tertiary/aromatic N) is 1. The van der Waals surface area contributed by atoms with Gasteiger partial charge in [0.2, 0.25) is 0 Å². The number of carbonyl (C=O) groups is 1. The predicted molar refractivity (Wildman–Crippen MR) is 64.5 cm³/mol. The minimum atomic E-state index is -0.348. The largest absolute Gasteiger partial charge is 0.366 e. The highest BCUT2D eigenvalue weighted by Crippen LogP contribution is 2.21. The normalized spacial score (nSPS) is 11.2. The number of aromatic nitrogens is 1. The Balaban J connectivity index is 2.64. The molecule has 2 aromatic rings. The van der Waals surface area contributed by atoms with Gasteiger partial charge in [0.1, 0.15) is 0 Å². The summed E-state index contributed by atoms with van der Waals surface area (Å²) in [6.07, 6.45) is 4.62. The van der Waals surface area contributed by atoms with Crippen LogP contribution in [0.2, 0.25) is 0 Å². The van der Waals surface area contributed by atoms with E-state index in [1.807, 2.05) is 35.0 Å². The molecule has 0 unspecified atom stereocenters. The molecule has 0 aliphatic carbocycles. The van der Waals surface area contributed by atoms with Crippen LogP contribution in [0.3, 0.4) is 0 Å². The van der Waals surface area contributed by atoms with Crippen molar-refractivity contribution >= 4 is 11.4 Å². The van der Waals surface area contributed by atoms with E-state index in [9.17, 15) is 4.79 Å². The number of hydrogen-bond acceptors (Lipinski definition) is 1. The zero-order valence-corrected chi connectivity index (χ0v) is 9.60. The Hall–Kier alpha value is -1.77. The summed E-state index contributed by atoms with van der Waals surface area (Å²) < 4.78 is 1.96. The fraction of sp³-hybridized carbons (Fsp3) is 0.308. The maximum absolute atomic E-state index is 11.4. The highest BCUT2D eigenvalue weighted by molar-refractivity contribution is 5.96. The van der Waals surface area contributed by atoms with Crippen LogP contribution in [0.1, 0.15) is 29.8 Å². The molecule has 0 atom stereocenters. The van der Waals surface area contributed by atoms with Gasteiger partial charge in [0.05, 0.1) is 5.56 Å². The molecule has 3 nitrogen and oxygen atoms in total. The number of primary amides is 1. The first-order chi connectivity index (χ1) is 7.59. The van der Waals surface area contributed by atoms with Crippen molar-refractivity contribution in [2.45, 2.75) is 20.3 Å². The minimum Gasteiger partial charge on any atom is -0.366 e. The number of fused-ring (bicyclic) bond motifs is 1. The highest BCUT2D eigenvalue weighted by Gasteiger charge is 2.15. The van der Waals surface area contributed by atoms with Crippen LogP contribution in [0.4, 0.5) is 0 Å². The van der Waals surface area contributed by atoms with Gasteiger partial charge in [0.15, 0.2) is 0 Å². The van der Waals surface area contributed by atoms with E-state index in [1.165, 1.54) is 0 Å². The Bertz CT molecular complexity index is 526. The molecule has 0 fully saturated rings. The highest BCUT2D eigenvalue weighted by atomic mass is 16.1. The second-order valence-corrected chi connectivity index (χ2v) is 4.48. The van der Waals surface area contributed by atoms with Crippen LogP contribution in [-0.2, 0) is 6.42 Å². The summed E-state index contributed by atoms with van der Waals surface area (Å²) in [6.45, 7) is 4.27. The van der Waals surface area contributed by atoms with Gasteiger partial charge in [-0.2, -0.15) is 0 Å². The van der Waals surface area contributed by atoms with Crippen molar-refractivity contribution in [1.82, 2.24) is 4.40 Å². The number of amides is 1. The van der Waals surface area contributed by atoms with Crippen molar-refractivity contribution in [3.63, 3.8) is 0 Å². The van der Waals surface area contributed by atoms with E-state index in [0.717, 1.165) is 17.5 Å². The van der Waals surface area contributed by atoms with Gasteiger partial charge in [-0.25, -0.2) is 0 Å². The van der Waals surface area contributed by atoms with E-state index in [2.05, 4.69) is 13.8 Å². The second-order valence-electron chi connectivity index (χ2n) is 4.48. The Labute approximate surface area is 94.9 Å². The summed E-state index contributed by atoms with van der Waals surface area (Å²) in [5, 5.41) is 0. The summed E-state index contributed by atoms with van der Waals surface area (Å²) >= 11 is 0. The third kappa shape index (κ3) is 1.81. The third-order valence-corrected chi connectivity index (χ3v) is 2.67. The first kappa shape index (κ1) is 10.7. The fourth-order valence-electron chi connectivity index (χ4n) is 2.01. The van der Waals surface area contributed by atoms with Gasteiger partial charge in [-0.15, -0.1) is 0 Å². The van der Waals surface area contributed by atoms with Gasteiger partial charge < -0.3 is 10.1 Å². The van der Waals surface area contributed by atoms with Crippen LogP contribution in [0, 0.1) is 5.92 Å². The zero-order valence-electron chi connectivity index (χ0n) is 9.60. The first-order valence-corrected chi connectivity index (χ1v) is 5.48. The summed E-state index contributed by atoms with van der Waals surface area (Å²) in [4.78, 5) is 11.4. The lowest BCUT2D eigenvalue weighted by atomic mass is 10.00. The Kier molecular flexibility index (Phi) is 2.69. The minimum absolute atomic E-state index is 0.348. The van der Waals surface area contributed by atoms with Gasteiger partial charge in [-0.05, 0) is 30.0 Å². The lowest BCUT2D eigenvalue weighted by Gasteiger charge is -2.05. The van der Waals surface area contributed by atoms with E-state index < -0.39 is 0 Å². The van der Waals surface area contributed by atoms with Crippen LogP contribution in [0.15, 0.2) is 30.6 Å². The molecule has 2 aromatic heterocycles. The number of rotatable bonds is 3. The predicted octanol–water partition coefficient (Wildman–Crippen LogP) is 2.24. The molecule has 3 heteroatoms.